The van der Waals surface area contributed by atoms with Gasteiger partial charge in [-0.05, 0) is 139 Å². The highest BCUT2D eigenvalue weighted by Crippen LogP contribution is 2.55. The maximum Gasteiger partial charge on any atom is 0.0543 e. The number of aromatic nitrogens is 1. The molecular formula is C66H50N2. The van der Waals surface area contributed by atoms with Gasteiger partial charge in [-0.15, -0.1) is 0 Å². The van der Waals surface area contributed by atoms with Gasteiger partial charge in [-0.3, -0.25) is 0 Å². The van der Waals surface area contributed by atoms with Crippen LogP contribution in [0.4, 0.5) is 17.1 Å². The normalized spacial score (nSPS) is 13.8. The van der Waals surface area contributed by atoms with E-state index in [0.717, 1.165) is 17.1 Å². The van der Waals surface area contributed by atoms with Gasteiger partial charge < -0.3 is 9.47 Å². The van der Waals surface area contributed by atoms with Crippen LogP contribution in [0.5, 0.6) is 0 Å². The zero-order chi connectivity index (χ0) is 45.7. The number of hydrogen-bond acceptors (Lipinski definition) is 1. The largest absolute Gasteiger partial charge is 0.310 e. The van der Waals surface area contributed by atoms with Crippen LogP contribution in [0.3, 0.4) is 0 Å². The van der Waals surface area contributed by atoms with Crippen LogP contribution in [0.2, 0.25) is 0 Å². The van der Waals surface area contributed by atoms with Crippen molar-refractivity contribution in [2.24, 2.45) is 0 Å². The summed E-state index contributed by atoms with van der Waals surface area (Å²) in [5.74, 6) is 0. The van der Waals surface area contributed by atoms with Gasteiger partial charge in [-0.25, -0.2) is 0 Å². The average molecular weight is 871 g/mol. The quantitative estimate of drug-likeness (QED) is 0.155. The Morgan fingerprint density at radius 3 is 1.37 bits per heavy atom. The smallest absolute Gasteiger partial charge is 0.0543 e. The zero-order valence-corrected chi connectivity index (χ0v) is 38.8. The maximum atomic E-state index is 2.45. The SMILES string of the molecule is CC1(C)c2ccccc2-c2c(-c3ccc4c(c3)c3cc(-c5ccc(N(c6ccc(-c7ccccc7)cc6)c6cccc7c6-c6ccccc6C7(C)C)cc5)ccc3n4-c3ccccc3)cccc21. The van der Waals surface area contributed by atoms with Gasteiger partial charge in [0.05, 0.1) is 16.7 Å². The second-order valence-electron chi connectivity index (χ2n) is 19.7. The lowest BCUT2D eigenvalue weighted by molar-refractivity contribution is 0.660. The predicted molar refractivity (Wildman–Crippen MR) is 287 cm³/mol. The molecule has 0 unspecified atom stereocenters. The second kappa shape index (κ2) is 15.2. The predicted octanol–water partition coefficient (Wildman–Crippen LogP) is 17.9. The Labute approximate surface area is 399 Å². The molecule has 0 spiro atoms. The maximum absolute atomic E-state index is 2.45. The van der Waals surface area contributed by atoms with Gasteiger partial charge in [-0.2, -0.15) is 0 Å². The molecule has 2 heteroatoms. The van der Waals surface area contributed by atoms with Crippen molar-refractivity contribution in [1.82, 2.24) is 4.57 Å². The lowest BCUT2D eigenvalue weighted by atomic mass is 9.82. The number of rotatable bonds is 7. The number of hydrogen-bond donors (Lipinski definition) is 0. The van der Waals surface area contributed by atoms with Crippen molar-refractivity contribution in [3.63, 3.8) is 0 Å². The first kappa shape index (κ1) is 40.1. The van der Waals surface area contributed by atoms with E-state index in [1.165, 1.54) is 105 Å². The first-order valence-corrected chi connectivity index (χ1v) is 23.9. The van der Waals surface area contributed by atoms with Crippen molar-refractivity contribution in [3.05, 3.63) is 253 Å². The molecule has 10 aromatic carbocycles. The van der Waals surface area contributed by atoms with Crippen LogP contribution >= 0.6 is 0 Å². The number of benzene rings is 10. The standard InChI is InChI=1S/C66H50N2/c1-65(2)56-24-13-11-21-52(56)63-51(23-15-26-58(63)65)47-34-40-61-55(42-47)54-41-46(33-39-60(54)68(61)48-19-9-6-10-20-48)45-31-37-50(38-32-45)67(49-35-29-44(30-36-49)43-17-7-5-8-18-43)62-28-16-27-59-64(62)53-22-12-14-25-57(53)66(59,3)4/h5-42H,1-4H3. The summed E-state index contributed by atoms with van der Waals surface area (Å²) in [6.45, 7) is 9.44. The van der Waals surface area contributed by atoms with Gasteiger partial charge in [0.15, 0.2) is 0 Å². The molecule has 1 heterocycles. The lowest BCUT2D eigenvalue weighted by Gasteiger charge is -2.29. The van der Waals surface area contributed by atoms with Crippen LogP contribution in [0.15, 0.2) is 231 Å². The molecular weight excluding hydrogens is 821 g/mol. The van der Waals surface area contributed by atoms with Crippen molar-refractivity contribution in [2.45, 2.75) is 38.5 Å². The van der Waals surface area contributed by atoms with Crippen LogP contribution in [-0.2, 0) is 10.8 Å². The van der Waals surface area contributed by atoms with Crippen LogP contribution in [-0.4, -0.2) is 4.57 Å². The summed E-state index contributed by atoms with van der Waals surface area (Å²) < 4.78 is 2.42. The van der Waals surface area contributed by atoms with Gasteiger partial charge in [0.25, 0.3) is 0 Å². The molecule has 68 heavy (non-hydrogen) atoms. The molecule has 13 rings (SSSR count). The minimum absolute atomic E-state index is 0.0622. The van der Waals surface area contributed by atoms with Crippen molar-refractivity contribution in [1.29, 1.82) is 0 Å². The fourth-order valence-corrected chi connectivity index (χ4v) is 11.8. The summed E-state index contributed by atoms with van der Waals surface area (Å²) in [7, 11) is 0. The molecule has 2 nitrogen and oxygen atoms in total. The molecule has 0 aliphatic heterocycles. The summed E-state index contributed by atoms with van der Waals surface area (Å²) >= 11 is 0. The molecule has 0 bridgehead atoms. The molecule has 0 saturated heterocycles. The van der Waals surface area contributed by atoms with E-state index in [9.17, 15) is 0 Å². The van der Waals surface area contributed by atoms with Crippen molar-refractivity contribution in [3.8, 4) is 61.3 Å². The number of fused-ring (bicyclic) bond motifs is 9. The molecule has 0 amide bonds. The highest BCUT2D eigenvalue weighted by Gasteiger charge is 2.38. The molecule has 2 aliphatic rings. The van der Waals surface area contributed by atoms with Crippen LogP contribution in [0, 0.1) is 0 Å². The van der Waals surface area contributed by atoms with E-state index in [2.05, 4.69) is 268 Å². The first-order chi connectivity index (χ1) is 33.3. The zero-order valence-electron chi connectivity index (χ0n) is 38.8. The van der Waals surface area contributed by atoms with E-state index >= 15 is 0 Å². The van der Waals surface area contributed by atoms with E-state index in [-0.39, 0.29) is 10.8 Å². The third-order valence-corrected chi connectivity index (χ3v) is 15.2. The Morgan fingerprint density at radius 1 is 0.324 bits per heavy atom. The monoisotopic (exact) mass is 870 g/mol. The highest BCUT2D eigenvalue weighted by atomic mass is 15.1. The molecule has 0 atom stereocenters. The van der Waals surface area contributed by atoms with Crippen LogP contribution < -0.4 is 4.90 Å². The van der Waals surface area contributed by atoms with Crippen molar-refractivity contribution < 1.29 is 0 Å². The topological polar surface area (TPSA) is 8.17 Å². The van der Waals surface area contributed by atoms with Gasteiger partial charge in [0, 0.05) is 44.2 Å². The Bertz CT molecular complexity index is 3760. The Morgan fingerprint density at radius 2 is 0.750 bits per heavy atom. The van der Waals surface area contributed by atoms with E-state index in [4.69, 9.17) is 0 Å². The second-order valence-corrected chi connectivity index (χ2v) is 19.7. The van der Waals surface area contributed by atoms with Crippen molar-refractivity contribution >= 4 is 38.9 Å². The average Bonchev–Trinajstić information content (AvgIpc) is 3.94. The highest BCUT2D eigenvalue weighted by molar-refractivity contribution is 6.12. The van der Waals surface area contributed by atoms with E-state index in [1.54, 1.807) is 0 Å². The molecule has 324 valence electrons. The van der Waals surface area contributed by atoms with Gasteiger partial charge in [0.1, 0.15) is 0 Å². The molecule has 0 fully saturated rings. The summed E-state index contributed by atoms with van der Waals surface area (Å²) in [6, 6.07) is 85.5. The lowest BCUT2D eigenvalue weighted by Crippen LogP contribution is -2.16. The summed E-state index contributed by atoms with van der Waals surface area (Å²) in [5.41, 5.74) is 24.9. The third-order valence-electron chi connectivity index (χ3n) is 15.2. The Hall–Kier alpha value is -8.20. The molecule has 1 aromatic heterocycles. The Kier molecular flexibility index (Phi) is 8.95. The van der Waals surface area contributed by atoms with Crippen molar-refractivity contribution in [2.75, 3.05) is 4.90 Å². The minimum Gasteiger partial charge on any atom is -0.310 e. The minimum atomic E-state index is -0.110. The van der Waals surface area contributed by atoms with E-state index in [1.807, 2.05) is 0 Å². The molecule has 0 saturated carbocycles. The Balaban J connectivity index is 0.950. The van der Waals surface area contributed by atoms with Crippen LogP contribution in [0.25, 0.3) is 83.1 Å². The summed E-state index contributed by atoms with van der Waals surface area (Å²) in [5, 5.41) is 2.48. The molecule has 0 N–H and O–H groups in total. The first-order valence-electron chi connectivity index (χ1n) is 23.9. The van der Waals surface area contributed by atoms with Gasteiger partial charge >= 0.3 is 0 Å². The summed E-state index contributed by atoms with van der Waals surface area (Å²) in [4.78, 5) is 2.45. The molecule has 11 aromatic rings. The van der Waals surface area contributed by atoms with Gasteiger partial charge in [-0.1, -0.05) is 191 Å². The molecule has 2 aliphatic carbocycles. The van der Waals surface area contributed by atoms with E-state index in [0.29, 0.717) is 0 Å². The van der Waals surface area contributed by atoms with Gasteiger partial charge in [0.2, 0.25) is 0 Å². The summed E-state index contributed by atoms with van der Waals surface area (Å²) in [6.07, 6.45) is 0. The number of anilines is 3. The number of para-hydroxylation sites is 1. The number of nitrogens with zero attached hydrogens (tertiary/aromatic N) is 2. The fraction of sp³-hybridized carbons (Fsp3) is 0.0909. The molecule has 0 radical (unpaired) electrons. The third kappa shape index (κ3) is 6.03. The van der Waals surface area contributed by atoms with Crippen LogP contribution in [0.1, 0.15) is 49.9 Å². The van der Waals surface area contributed by atoms with E-state index < -0.39 is 0 Å². The fourth-order valence-electron chi connectivity index (χ4n) is 11.8.